The van der Waals surface area contributed by atoms with Gasteiger partial charge in [0.05, 0.1) is 17.1 Å². The van der Waals surface area contributed by atoms with E-state index in [1.165, 1.54) is 16.1 Å². The van der Waals surface area contributed by atoms with E-state index in [1.807, 2.05) is 6.07 Å². The molecule has 1 atom stereocenters. The van der Waals surface area contributed by atoms with Gasteiger partial charge >= 0.3 is 0 Å². The molecule has 5 N–H and O–H groups in total. The highest BCUT2D eigenvalue weighted by molar-refractivity contribution is 6.05. The number of fused-ring (bicyclic) bond motifs is 1. The molecule has 1 aliphatic carbocycles. The van der Waals surface area contributed by atoms with E-state index < -0.39 is 11.9 Å². The first-order valence-electron chi connectivity index (χ1n) is 10.8. The van der Waals surface area contributed by atoms with E-state index >= 15 is 0 Å². The number of ether oxygens (including phenoxy) is 1. The molecule has 2 fully saturated rings. The summed E-state index contributed by atoms with van der Waals surface area (Å²) in [7, 11) is 0. The highest BCUT2D eigenvalue weighted by Gasteiger charge is 2.39. The summed E-state index contributed by atoms with van der Waals surface area (Å²) in [4.78, 5) is 42.6. The van der Waals surface area contributed by atoms with Crippen LogP contribution in [0.2, 0.25) is 0 Å². The van der Waals surface area contributed by atoms with Gasteiger partial charge in [-0.2, -0.15) is 0 Å². The molecule has 0 bridgehead atoms. The second-order valence-electron chi connectivity index (χ2n) is 8.41. The van der Waals surface area contributed by atoms with Crippen molar-refractivity contribution < 1.29 is 19.1 Å². The number of nitrogens with one attached hydrogen (secondary N) is 1. The van der Waals surface area contributed by atoms with Gasteiger partial charge < -0.3 is 15.4 Å². The number of hydrogen-bond acceptors (Lipinski definition) is 8. The summed E-state index contributed by atoms with van der Waals surface area (Å²) in [5.41, 5.74) is 8.91. The van der Waals surface area contributed by atoms with Gasteiger partial charge in [0.15, 0.2) is 0 Å². The van der Waals surface area contributed by atoms with Crippen molar-refractivity contribution in [3.8, 4) is 5.88 Å². The Kier molecular flexibility index (Phi) is 5.21. The number of nitrogens with zero attached hydrogens (tertiary/aromatic N) is 3. The van der Waals surface area contributed by atoms with Gasteiger partial charge in [0.25, 0.3) is 5.91 Å². The molecule has 2 aliphatic heterocycles. The summed E-state index contributed by atoms with van der Waals surface area (Å²) < 4.78 is 5.71. The smallest absolute Gasteiger partial charge is 0.255 e. The predicted molar refractivity (Wildman–Crippen MR) is 119 cm³/mol. The van der Waals surface area contributed by atoms with Crippen LogP contribution >= 0.6 is 0 Å². The lowest BCUT2D eigenvalue weighted by Gasteiger charge is -2.29. The van der Waals surface area contributed by atoms with Crippen molar-refractivity contribution in [2.24, 2.45) is 11.6 Å². The number of piperidine rings is 1. The van der Waals surface area contributed by atoms with Crippen molar-refractivity contribution in [2.75, 3.05) is 5.01 Å². The Morgan fingerprint density at radius 3 is 2.76 bits per heavy atom. The van der Waals surface area contributed by atoms with E-state index in [1.54, 1.807) is 30.3 Å². The van der Waals surface area contributed by atoms with Crippen molar-refractivity contribution in [3.05, 3.63) is 59.4 Å². The van der Waals surface area contributed by atoms with Crippen LogP contribution in [0.25, 0.3) is 5.70 Å². The zero-order valence-electron chi connectivity index (χ0n) is 17.9. The largest absolute Gasteiger partial charge is 0.474 e. The third-order valence-corrected chi connectivity index (χ3v) is 5.92. The molecule has 3 aliphatic rings. The molecule has 170 valence electrons. The zero-order chi connectivity index (χ0) is 23.1. The molecule has 5 rings (SSSR count). The number of pyridine rings is 1. The molecule has 2 aromatic rings. The summed E-state index contributed by atoms with van der Waals surface area (Å²) in [6.45, 7) is 0.307. The predicted octanol–water partition coefficient (Wildman–Crippen LogP) is 1.02. The highest BCUT2D eigenvalue weighted by Crippen LogP contribution is 2.30. The molecule has 1 aromatic carbocycles. The van der Waals surface area contributed by atoms with Gasteiger partial charge in [-0.25, -0.2) is 10.8 Å². The van der Waals surface area contributed by atoms with Gasteiger partial charge in [-0.3, -0.25) is 24.7 Å². The molecule has 3 amide bonds. The fraction of sp³-hybridized carbons (Fsp3) is 0.304. The Bertz CT molecular complexity index is 1180. The van der Waals surface area contributed by atoms with E-state index in [9.17, 15) is 14.4 Å². The van der Waals surface area contributed by atoms with Gasteiger partial charge in [-0.05, 0) is 43.0 Å². The molecule has 3 heterocycles. The fourth-order valence-electron chi connectivity index (χ4n) is 3.99. The van der Waals surface area contributed by atoms with E-state index in [0.29, 0.717) is 41.5 Å². The Morgan fingerprint density at radius 1 is 1.18 bits per heavy atom. The Morgan fingerprint density at radius 2 is 2.00 bits per heavy atom. The minimum Gasteiger partial charge on any atom is -0.474 e. The maximum Gasteiger partial charge on any atom is 0.255 e. The van der Waals surface area contributed by atoms with Gasteiger partial charge in [-0.15, -0.1) is 0 Å². The Balaban J connectivity index is 1.32. The quantitative estimate of drug-likeness (QED) is 0.338. The second-order valence-corrected chi connectivity index (χ2v) is 8.41. The van der Waals surface area contributed by atoms with E-state index in [0.717, 1.165) is 18.4 Å². The SMILES string of the molecule is N/C(=C\N(N)c1ccc2c(c1)C(=O)N(C1CCC(=O)NC1=O)C2)c1cccc(OC2CC2)n1. The number of hydrogen-bond donors (Lipinski definition) is 3. The van der Waals surface area contributed by atoms with Crippen LogP contribution in [0.5, 0.6) is 5.88 Å². The number of hydrazine groups is 1. The number of anilines is 1. The van der Waals surface area contributed by atoms with Gasteiger partial charge in [0.1, 0.15) is 12.1 Å². The highest BCUT2D eigenvalue weighted by atomic mass is 16.5. The zero-order valence-corrected chi connectivity index (χ0v) is 17.9. The summed E-state index contributed by atoms with van der Waals surface area (Å²) in [6, 6.07) is 9.97. The summed E-state index contributed by atoms with van der Waals surface area (Å²) in [5, 5.41) is 3.63. The normalized spacial score (nSPS) is 20.5. The number of carbonyl (C=O) groups excluding carboxylic acids is 3. The molecular weight excluding hydrogens is 424 g/mol. The lowest BCUT2D eigenvalue weighted by molar-refractivity contribution is -0.136. The number of aromatic nitrogens is 1. The van der Waals surface area contributed by atoms with E-state index in [-0.39, 0.29) is 24.3 Å². The Labute approximate surface area is 190 Å². The van der Waals surface area contributed by atoms with Crippen LogP contribution in [0.1, 0.15) is 47.3 Å². The van der Waals surface area contributed by atoms with Crippen LogP contribution in [-0.2, 0) is 16.1 Å². The van der Waals surface area contributed by atoms with Crippen molar-refractivity contribution in [2.45, 2.75) is 44.4 Å². The first kappa shape index (κ1) is 21.0. The summed E-state index contributed by atoms with van der Waals surface area (Å²) in [6.07, 6.45) is 4.35. The van der Waals surface area contributed by atoms with Gasteiger partial charge in [-0.1, -0.05) is 12.1 Å². The number of benzene rings is 1. The lowest BCUT2D eigenvalue weighted by atomic mass is 10.0. The van der Waals surface area contributed by atoms with Gasteiger partial charge in [0, 0.05) is 30.8 Å². The van der Waals surface area contributed by atoms with Crippen LogP contribution in [0.4, 0.5) is 5.69 Å². The second kappa shape index (κ2) is 8.21. The molecule has 10 nitrogen and oxygen atoms in total. The maximum atomic E-state index is 13.0. The average molecular weight is 448 g/mol. The van der Waals surface area contributed by atoms with Crippen LogP contribution < -0.4 is 26.6 Å². The third-order valence-electron chi connectivity index (χ3n) is 5.92. The van der Waals surface area contributed by atoms with Crippen molar-refractivity contribution in [3.63, 3.8) is 0 Å². The monoisotopic (exact) mass is 448 g/mol. The van der Waals surface area contributed by atoms with Crippen LogP contribution in [0, 0.1) is 0 Å². The molecule has 0 spiro atoms. The standard InChI is InChI=1S/C23H24N6O4/c24-17(18-2-1-3-21(26-18)33-15-6-7-15)12-29(25)14-5-4-13-11-28(23(32)16(13)10-14)19-8-9-20(30)27-22(19)31/h1-5,10,12,15,19H,6-9,11,24-25H2,(H,27,30,31)/b17-12-. The topological polar surface area (TPSA) is 144 Å². The molecule has 1 saturated carbocycles. The van der Waals surface area contributed by atoms with E-state index in [2.05, 4.69) is 10.3 Å². The van der Waals surface area contributed by atoms with Crippen LogP contribution in [-0.4, -0.2) is 39.8 Å². The van der Waals surface area contributed by atoms with Crippen LogP contribution in [0.3, 0.4) is 0 Å². The Hall–Kier alpha value is -3.92. The summed E-state index contributed by atoms with van der Waals surface area (Å²) >= 11 is 0. The third kappa shape index (κ3) is 4.24. The number of amides is 3. The number of carbonyl (C=O) groups is 3. The number of imide groups is 1. The summed E-state index contributed by atoms with van der Waals surface area (Å²) in [5.74, 6) is 5.71. The molecular formula is C23H24N6O4. The fourth-order valence-corrected chi connectivity index (χ4v) is 3.99. The molecule has 1 aromatic heterocycles. The first-order valence-corrected chi connectivity index (χ1v) is 10.8. The van der Waals surface area contributed by atoms with Crippen molar-refractivity contribution in [1.29, 1.82) is 0 Å². The van der Waals surface area contributed by atoms with Crippen molar-refractivity contribution >= 4 is 29.1 Å². The van der Waals surface area contributed by atoms with Gasteiger partial charge in [0.2, 0.25) is 17.7 Å². The minimum absolute atomic E-state index is 0.212. The van der Waals surface area contributed by atoms with Crippen molar-refractivity contribution in [1.82, 2.24) is 15.2 Å². The molecule has 33 heavy (non-hydrogen) atoms. The molecule has 1 saturated heterocycles. The van der Waals surface area contributed by atoms with Crippen LogP contribution in [0.15, 0.2) is 42.6 Å². The first-order chi connectivity index (χ1) is 15.9. The number of nitrogens with two attached hydrogens (primary N) is 2. The molecule has 0 radical (unpaired) electrons. The molecule has 10 heteroatoms. The number of rotatable bonds is 6. The molecule has 1 unspecified atom stereocenters. The minimum atomic E-state index is -0.660. The lowest BCUT2D eigenvalue weighted by Crippen LogP contribution is -2.52. The maximum absolute atomic E-state index is 13.0. The van der Waals surface area contributed by atoms with E-state index in [4.69, 9.17) is 16.3 Å². The average Bonchev–Trinajstić information content (AvgIpc) is 3.55.